The lowest BCUT2D eigenvalue weighted by atomic mass is 9.93. The van der Waals surface area contributed by atoms with Crippen molar-refractivity contribution in [1.82, 2.24) is 4.90 Å². The quantitative estimate of drug-likeness (QED) is 0.526. The molecule has 0 N–H and O–H groups in total. The average Bonchev–Trinajstić information content (AvgIpc) is 3.38. The number of amides is 1. The second-order valence-corrected chi connectivity index (χ2v) is 8.94. The molecule has 2 atom stereocenters. The summed E-state index contributed by atoms with van der Waals surface area (Å²) in [5.74, 6) is 1.13. The van der Waals surface area contributed by atoms with Crippen LogP contribution in [0, 0.1) is 0 Å². The molecule has 0 radical (unpaired) electrons. The van der Waals surface area contributed by atoms with Gasteiger partial charge in [-0.15, -0.1) is 0 Å². The third kappa shape index (κ3) is 3.69. The third-order valence-electron chi connectivity index (χ3n) is 6.86. The Balaban J connectivity index is 1.27. The van der Waals surface area contributed by atoms with E-state index in [2.05, 4.69) is 0 Å². The van der Waals surface area contributed by atoms with E-state index in [0.717, 1.165) is 41.0 Å². The molecule has 3 aliphatic heterocycles. The fourth-order valence-corrected chi connectivity index (χ4v) is 5.17. The van der Waals surface area contributed by atoms with Crippen LogP contribution in [0.15, 0.2) is 66.7 Å². The van der Waals surface area contributed by atoms with Crippen LogP contribution in [-0.2, 0) is 11.2 Å². The maximum atomic E-state index is 13.6. The fourth-order valence-electron chi connectivity index (χ4n) is 5.17. The monoisotopic (exact) mass is 455 g/mol. The topological polar surface area (TPSA) is 65.1 Å². The van der Waals surface area contributed by atoms with Crippen molar-refractivity contribution in [3.05, 3.63) is 94.5 Å². The molecule has 3 aromatic rings. The van der Waals surface area contributed by atoms with E-state index in [9.17, 15) is 9.59 Å². The maximum Gasteiger partial charge on any atom is 0.339 e. The molecule has 0 bridgehead atoms. The SMILES string of the molecule is O=C1O[C@H](c2ccccc2)Cc2cc(C(=O)N3CCC[C@@H]3c3ccc4c(c3)OCCO4)ccc21. The lowest BCUT2D eigenvalue weighted by molar-refractivity contribution is 0.0252. The molecule has 3 aromatic carbocycles. The minimum atomic E-state index is -0.344. The lowest BCUT2D eigenvalue weighted by Crippen LogP contribution is -2.31. The van der Waals surface area contributed by atoms with Crippen LogP contribution in [0.4, 0.5) is 0 Å². The number of hydrogen-bond donors (Lipinski definition) is 0. The van der Waals surface area contributed by atoms with E-state index in [1.165, 1.54) is 0 Å². The van der Waals surface area contributed by atoms with E-state index in [1.807, 2.05) is 59.5 Å². The molecule has 6 heteroatoms. The zero-order valence-electron chi connectivity index (χ0n) is 18.7. The van der Waals surface area contributed by atoms with Gasteiger partial charge in [0.15, 0.2) is 11.5 Å². The van der Waals surface area contributed by atoms with Crippen LogP contribution in [0.1, 0.15) is 62.4 Å². The molecule has 1 fully saturated rings. The van der Waals surface area contributed by atoms with Gasteiger partial charge in [-0.3, -0.25) is 4.79 Å². The van der Waals surface area contributed by atoms with Gasteiger partial charge in [0.2, 0.25) is 0 Å². The van der Waals surface area contributed by atoms with Crippen molar-refractivity contribution in [2.75, 3.05) is 19.8 Å². The van der Waals surface area contributed by atoms with E-state index in [4.69, 9.17) is 14.2 Å². The highest BCUT2D eigenvalue weighted by Gasteiger charge is 2.33. The first-order chi connectivity index (χ1) is 16.7. The van der Waals surface area contributed by atoms with Gasteiger partial charge < -0.3 is 19.1 Å². The molecule has 0 spiro atoms. The highest BCUT2D eigenvalue weighted by Crippen LogP contribution is 2.39. The van der Waals surface area contributed by atoms with E-state index < -0.39 is 0 Å². The Hall–Kier alpha value is -3.80. The number of esters is 1. The molecule has 3 aliphatic rings. The van der Waals surface area contributed by atoms with Gasteiger partial charge in [-0.05, 0) is 59.9 Å². The summed E-state index contributed by atoms with van der Waals surface area (Å²) >= 11 is 0. The van der Waals surface area contributed by atoms with Gasteiger partial charge in [-0.25, -0.2) is 4.79 Å². The molecular formula is C28H25NO5. The van der Waals surface area contributed by atoms with Crippen molar-refractivity contribution >= 4 is 11.9 Å². The summed E-state index contributed by atoms with van der Waals surface area (Å²) in [5, 5.41) is 0. The molecular weight excluding hydrogens is 430 g/mol. The molecule has 3 heterocycles. The summed E-state index contributed by atoms with van der Waals surface area (Å²) in [7, 11) is 0. The van der Waals surface area contributed by atoms with Gasteiger partial charge >= 0.3 is 5.97 Å². The average molecular weight is 456 g/mol. The Kier molecular flexibility index (Phi) is 5.21. The van der Waals surface area contributed by atoms with Gasteiger partial charge in [0.25, 0.3) is 5.91 Å². The summed E-state index contributed by atoms with van der Waals surface area (Å²) in [6.07, 6.45) is 2.05. The normalized spacial score (nSPS) is 21.1. The molecule has 0 saturated carbocycles. The largest absolute Gasteiger partial charge is 0.486 e. The Morgan fingerprint density at radius 1 is 0.882 bits per heavy atom. The lowest BCUT2D eigenvalue weighted by Gasteiger charge is -2.28. The minimum absolute atomic E-state index is 0.0126. The van der Waals surface area contributed by atoms with Gasteiger partial charge in [-0.1, -0.05) is 36.4 Å². The smallest absolute Gasteiger partial charge is 0.339 e. The van der Waals surface area contributed by atoms with Crippen molar-refractivity contribution in [1.29, 1.82) is 0 Å². The van der Waals surface area contributed by atoms with Crippen LogP contribution in [0.2, 0.25) is 0 Å². The summed E-state index contributed by atoms with van der Waals surface area (Å²) in [6.45, 7) is 1.78. The number of rotatable bonds is 3. The number of likely N-dealkylation sites (tertiary alicyclic amines) is 1. The van der Waals surface area contributed by atoms with Crippen molar-refractivity contribution in [3.8, 4) is 11.5 Å². The van der Waals surface area contributed by atoms with Crippen LogP contribution >= 0.6 is 0 Å². The number of ether oxygens (including phenoxy) is 3. The molecule has 0 aromatic heterocycles. The van der Waals surface area contributed by atoms with Gasteiger partial charge in [0.1, 0.15) is 19.3 Å². The Labute approximate surface area is 198 Å². The number of nitrogens with zero attached hydrogens (tertiary/aromatic N) is 1. The van der Waals surface area contributed by atoms with E-state index in [0.29, 0.717) is 37.3 Å². The summed E-state index contributed by atoms with van der Waals surface area (Å²) in [5.41, 5.74) is 4.00. The van der Waals surface area contributed by atoms with Crippen LogP contribution in [0.3, 0.4) is 0 Å². The fraction of sp³-hybridized carbons (Fsp3) is 0.286. The second-order valence-electron chi connectivity index (χ2n) is 8.94. The number of cyclic esters (lactones) is 1. The van der Waals surface area contributed by atoms with Gasteiger partial charge in [0, 0.05) is 18.5 Å². The zero-order valence-corrected chi connectivity index (χ0v) is 18.7. The molecule has 1 amide bonds. The molecule has 6 nitrogen and oxygen atoms in total. The summed E-state index contributed by atoms with van der Waals surface area (Å²) in [6, 6.07) is 21.0. The molecule has 6 rings (SSSR count). The predicted octanol–water partition coefficient (Wildman–Crippen LogP) is 4.89. The number of fused-ring (bicyclic) bond motifs is 2. The maximum absolute atomic E-state index is 13.6. The molecule has 1 saturated heterocycles. The minimum Gasteiger partial charge on any atom is -0.486 e. The van der Waals surface area contributed by atoms with E-state index in [1.54, 1.807) is 12.1 Å². The molecule has 172 valence electrons. The van der Waals surface area contributed by atoms with Crippen LogP contribution in [0.25, 0.3) is 0 Å². The standard InChI is InChI=1S/C28H25NO5/c30-27(29-12-4-7-23(29)19-9-11-24-26(16-19)33-14-13-32-24)20-8-10-22-21(15-20)17-25(34-28(22)31)18-5-2-1-3-6-18/h1-3,5-6,8-11,15-16,23,25H,4,7,12-14,17H2/t23-,25+/m1/s1. The first-order valence-corrected chi connectivity index (χ1v) is 11.8. The first-order valence-electron chi connectivity index (χ1n) is 11.8. The van der Waals surface area contributed by atoms with Crippen LogP contribution in [-0.4, -0.2) is 36.5 Å². The van der Waals surface area contributed by atoms with Crippen LogP contribution < -0.4 is 9.47 Å². The molecule has 34 heavy (non-hydrogen) atoms. The highest BCUT2D eigenvalue weighted by atomic mass is 16.6. The first kappa shape index (κ1) is 20.8. The Morgan fingerprint density at radius 2 is 1.71 bits per heavy atom. The van der Waals surface area contributed by atoms with Gasteiger partial charge in [0.05, 0.1) is 11.6 Å². The summed E-state index contributed by atoms with van der Waals surface area (Å²) < 4.78 is 17.1. The number of carbonyl (C=O) groups is 2. The van der Waals surface area contributed by atoms with E-state index >= 15 is 0 Å². The highest BCUT2D eigenvalue weighted by molar-refractivity contribution is 5.98. The third-order valence-corrected chi connectivity index (χ3v) is 6.86. The van der Waals surface area contributed by atoms with Crippen LogP contribution in [0.5, 0.6) is 11.5 Å². The Bertz CT molecular complexity index is 1250. The second kappa shape index (κ2) is 8.52. The zero-order chi connectivity index (χ0) is 23.1. The number of benzene rings is 3. The predicted molar refractivity (Wildman–Crippen MR) is 125 cm³/mol. The Morgan fingerprint density at radius 3 is 2.56 bits per heavy atom. The van der Waals surface area contributed by atoms with Crippen molar-refractivity contribution in [2.45, 2.75) is 31.4 Å². The van der Waals surface area contributed by atoms with Gasteiger partial charge in [-0.2, -0.15) is 0 Å². The van der Waals surface area contributed by atoms with Crippen molar-refractivity contribution < 1.29 is 23.8 Å². The van der Waals surface area contributed by atoms with Crippen molar-refractivity contribution in [3.63, 3.8) is 0 Å². The molecule has 0 aliphatic carbocycles. The van der Waals surface area contributed by atoms with Crippen molar-refractivity contribution in [2.24, 2.45) is 0 Å². The number of hydrogen-bond acceptors (Lipinski definition) is 5. The van der Waals surface area contributed by atoms with E-state index in [-0.39, 0.29) is 24.0 Å². The molecule has 0 unspecified atom stereocenters. The summed E-state index contributed by atoms with van der Waals surface area (Å²) in [4.78, 5) is 28.1. The number of carbonyl (C=O) groups excluding carboxylic acids is 2.